The van der Waals surface area contributed by atoms with Gasteiger partial charge in [-0.3, -0.25) is 14.7 Å². The van der Waals surface area contributed by atoms with Crippen molar-refractivity contribution in [1.29, 1.82) is 0 Å². The van der Waals surface area contributed by atoms with Gasteiger partial charge in [0.1, 0.15) is 29.7 Å². The van der Waals surface area contributed by atoms with Gasteiger partial charge in [0.05, 0.1) is 5.56 Å². The van der Waals surface area contributed by atoms with E-state index in [1.54, 1.807) is 13.8 Å². The normalized spacial score (nSPS) is 20.4. The molecule has 3 fully saturated rings. The molecule has 11 nitrogen and oxygen atoms in total. The molecule has 1 aliphatic carbocycles. The van der Waals surface area contributed by atoms with Crippen LogP contribution in [0.15, 0.2) is 36.8 Å². The van der Waals surface area contributed by atoms with Crippen LogP contribution in [0.4, 0.5) is 19.0 Å². The summed E-state index contributed by atoms with van der Waals surface area (Å²) in [6.45, 7) is 9.98. The van der Waals surface area contributed by atoms with Gasteiger partial charge in [-0.05, 0) is 51.1 Å². The minimum atomic E-state index is -2.82. The molecular weight excluding hydrogens is 637 g/mol. The van der Waals surface area contributed by atoms with E-state index >= 15 is 0 Å². The van der Waals surface area contributed by atoms with Gasteiger partial charge in [-0.15, -0.1) is 10.2 Å². The lowest BCUT2D eigenvalue weighted by molar-refractivity contribution is -0.120. The molecule has 2 saturated heterocycles. The monoisotopic (exact) mass is 680 g/mol. The van der Waals surface area contributed by atoms with Gasteiger partial charge in [0, 0.05) is 107 Å². The van der Waals surface area contributed by atoms with Crippen LogP contribution in [0.25, 0.3) is 0 Å². The van der Waals surface area contributed by atoms with Crippen LogP contribution in [0.3, 0.4) is 0 Å². The highest BCUT2D eigenvalue weighted by Crippen LogP contribution is 2.42. The largest absolute Gasteiger partial charge is 0.490 e. The molecule has 0 bridgehead atoms. The van der Waals surface area contributed by atoms with E-state index in [0.29, 0.717) is 18.9 Å². The van der Waals surface area contributed by atoms with E-state index < -0.39 is 36.5 Å². The topological polar surface area (TPSA) is 100 Å². The van der Waals surface area contributed by atoms with Gasteiger partial charge in [0.2, 0.25) is 0 Å². The number of carbonyl (C=O) groups is 1. The molecule has 7 rings (SSSR count). The molecular formula is C35H43F3N8O3. The number of piperidine rings is 1. The lowest BCUT2D eigenvalue weighted by Gasteiger charge is -2.44. The Hall–Kier alpha value is -4.04. The predicted octanol–water partition coefficient (Wildman–Crippen LogP) is 4.81. The second kappa shape index (κ2) is 13.7. The zero-order valence-corrected chi connectivity index (χ0v) is 28.2. The fraction of sp³-hybridized carbons (Fsp3) is 0.571. The number of pyridine rings is 1. The quantitative estimate of drug-likeness (QED) is 0.297. The van der Waals surface area contributed by atoms with Gasteiger partial charge >= 0.3 is 0 Å². The van der Waals surface area contributed by atoms with Crippen LogP contribution in [-0.2, 0) is 13.0 Å². The highest BCUT2D eigenvalue weighted by Gasteiger charge is 2.50. The summed E-state index contributed by atoms with van der Waals surface area (Å²) in [7, 11) is 2.16. The minimum Gasteiger partial charge on any atom is -0.490 e. The second-order valence-corrected chi connectivity index (χ2v) is 14.2. The highest BCUT2D eigenvalue weighted by molar-refractivity contribution is 5.97. The maximum atomic E-state index is 14.5. The summed E-state index contributed by atoms with van der Waals surface area (Å²) >= 11 is 0. The summed E-state index contributed by atoms with van der Waals surface area (Å²) in [6, 6.07) is 4.54. The van der Waals surface area contributed by atoms with Crippen molar-refractivity contribution in [3.63, 3.8) is 0 Å². The summed E-state index contributed by atoms with van der Waals surface area (Å²) in [6.07, 6.45) is 4.69. The molecule has 1 saturated carbocycles. The Kier molecular flexibility index (Phi) is 9.35. The van der Waals surface area contributed by atoms with E-state index in [1.165, 1.54) is 28.9 Å². The zero-order valence-electron chi connectivity index (χ0n) is 28.2. The molecule has 3 aliphatic heterocycles. The first-order valence-electron chi connectivity index (χ1n) is 17.2. The first kappa shape index (κ1) is 33.5. The van der Waals surface area contributed by atoms with Gasteiger partial charge in [0.25, 0.3) is 17.7 Å². The smallest absolute Gasteiger partial charge is 0.282 e. The predicted molar refractivity (Wildman–Crippen MR) is 176 cm³/mol. The number of anilines is 1. The Bertz CT molecular complexity index is 1660. The molecule has 1 aromatic carbocycles. The Morgan fingerprint density at radius 2 is 1.86 bits per heavy atom. The molecule has 5 heterocycles. The van der Waals surface area contributed by atoms with Crippen LogP contribution in [0.2, 0.25) is 0 Å². The Morgan fingerprint density at radius 1 is 1.08 bits per heavy atom. The Balaban J connectivity index is 1.02. The van der Waals surface area contributed by atoms with E-state index in [1.807, 2.05) is 17.2 Å². The van der Waals surface area contributed by atoms with Gasteiger partial charge in [-0.1, -0.05) is 0 Å². The Labute approximate surface area is 284 Å². The number of hydrogen-bond acceptors (Lipinski definition) is 10. The van der Waals surface area contributed by atoms with Crippen molar-refractivity contribution in [2.45, 2.75) is 76.6 Å². The molecule has 2 aromatic heterocycles. The van der Waals surface area contributed by atoms with Crippen molar-refractivity contribution >= 4 is 11.7 Å². The highest BCUT2D eigenvalue weighted by atomic mass is 19.3. The van der Waals surface area contributed by atoms with Crippen molar-refractivity contribution in [2.75, 3.05) is 51.2 Å². The van der Waals surface area contributed by atoms with Gasteiger partial charge < -0.3 is 24.2 Å². The average molecular weight is 681 g/mol. The Morgan fingerprint density at radius 3 is 2.57 bits per heavy atom. The molecule has 4 aliphatic rings. The molecule has 0 N–H and O–H groups in total. The van der Waals surface area contributed by atoms with Crippen molar-refractivity contribution in [3.8, 4) is 17.4 Å². The summed E-state index contributed by atoms with van der Waals surface area (Å²) in [5.41, 5.74) is 2.23. The molecule has 0 atom stereocenters. The van der Waals surface area contributed by atoms with Crippen LogP contribution in [0, 0.1) is 11.7 Å². The molecule has 3 aromatic rings. The number of nitrogens with zero attached hydrogens (tertiary/aromatic N) is 8. The summed E-state index contributed by atoms with van der Waals surface area (Å²) in [4.78, 5) is 31.1. The molecule has 49 heavy (non-hydrogen) atoms. The third kappa shape index (κ3) is 7.30. The standard InChI is InChI=1S/C35H43F3N8O3/c1-22(2)46(25-15-35(37,38)16-25)34(47)27-14-24(36)4-5-30(27)49-33-32(40-21-41-42-33)45-12-7-26(8-13-45)48-31-6-10-39-29-9-11-44(20-28(29)31)19-23-17-43(3)18-23/h4-6,10,14,21-23,25-26H,7-9,11-13,15-20H2,1-3H3. The number of aromatic nitrogens is 4. The molecule has 1 amide bonds. The lowest BCUT2D eigenvalue weighted by atomic mass is 9.85. The molecule has 14 heteroatoms. The number of carbonyl (C=O) groups excluding carboxylic acids is 1. The van der Waals surface area contributed by atoms with Crippen LogP contribution >= 0.6 is 0 Å². The summed E-state index contributed by atoms with van der Waals surface area (Å²) < 4.78 is 54.7. The van der Waals surface area contributed by atoms with Crippen LogP contribution in [0.5, 0.6) is 17.4 Å². The van der Waals surface area contributed by atoms with Crippen LogP contribution in [-0.4, -0.2) is 111 Å². The zero-order chi connectivity index (χ0) is 34.3. The van der Waals surface area contributed by atoms with Crippen molar-refractivity contribution in [2.24, 2.45) is 5.92 Å². The lowest BCUT2D eigenvalue weighted by Crippen LogP contribution is -2.55. The number of ether oxygens (including phenoxy) is 2. The number of hydrogen-bond donors (Lipinski definition) is 0. The third-order valence-electron chi connectivity index (χ3n) is 10.0. The van der Waals surface area contributed by atoms with Gasteiger partial charge in [-0.2, -0.15) is 0 Å². The van der Waals surface area contributed by atoms with Crippen molar-refractivity contribution in [1.82, 2.24) is 34.9 Å². The fourth-order valence-electron chi connectivity index (χ4n) is 7.60. The first-order chi connectivity index (χ1) is 23.5. The third-order valence-corrected chi connectivity index (χ3v) is 10.0. The SMILES string of the molecule is CC(C)N(C(=O)c1cc(F)ccc1Oc1nncnc1N1CCC(Oc2ccnc3c2CN(CC2CN(C)C2)CC3)CC1)C1CC(F)(F)C1. The number of alkyl halides is 2. The summed E-state index contributed by atoms with van der Waals surface area (Å²) in [5.74, 6) is -1.87. The van der Waals surface area contributed by atoms with E-state index in [2.05, 4.69) is 37.0 Å². The molecule has 0 unspecified atom stereocenters. The average Bonchev–Trinajstić information content (AvgIpc) is 3.05. The van der Waals surface area contributed by atoms with Crippen molar-refractivity contribution < 1.29 is 27.4 Å². The number of amides is 1. The van der Waals surface area contributed by atoms with E-state index in [0.717, 1.165) is 75.4 Å². The first-order valence-corrected chi connectivity index (χ1v) is 17.2. The van der Waals surface area contributed by atoms with Gasteiger partial charge in [0.15, 0.2) is 5.82 Å². The minimum absolute atomic E-state index is 0.000189. The number of benzene rings is 1. The number of halogens is 3. The molecule has 0 radical (unpaired) electrons. The van der Waals surface area contributed by atoms with E-state index in [-0.39, 0.29) is 29.3 Å². The number of fused-ring (bicyclic) bond motifs is 1. The fourth-order valence-corrected chi connectivity index (χ4v) is 7.60. The molecule has 0 spiro atoms. The van der Waals surface area contributed by atoms with Gasteiger partial charge in [-0.25, -0.2) is 18.2 Å². The van der Waals surface area contributed by atoms with E-state index in [9.17, 15) is 18.0 Å². The number of likely N-dealkylation sites (tertiary alicyclic amines) is 1. The van der Waals surface area contributed by atoms with Crippen LogP contribution in [0.1, 0.15) is 61.1 Å². The van der Waals surface area contributed by atoms with Crippen LogP contribution < -0.4 is 14.4 Å². The van der Waals surface area contributed by atoms with E-state index in [4.69, 9.17) is 9.47 Å². The maximum Gasteiger partial charge on any atom is 0.282 e. The maximum absolute atomic E-state index is 14.5. The second-order valence-electron chi connectivity index (χ2n) is 14.2. The van der Waals surface area contributed by atoms with Crippen molar-refractivity contribution in [3.05, 3.63) is 59.4 Å². The summed E-state index contributed by atoms with van der Waals surface area (Å²) in [5, 5.41) is 8.07. The molecule has 262 valence electrons. The number of rotatable bonds is 10.